The summed E-state index contributed by atoms with van der Waals surface area (Å²) in [6, 6.07) is 3.49. The van der Waals surface area contributed by atoms with E-state index in [2.05, 4.69) is 4.84 Å². The molecule has 0 aromatic heterocycles. The van der Waals surface area contributed by atoms with Gasteiger partial charge in [-0.05, 0) is 12.1 Å². The molecule has 0 saturated heterocycles. The Hall–Kier alpha value is -0.940. The molecule has 0 amide bonds. The fraction of sp³-hybridized carbons (Fsp3) is 0.143. The van der Waals surface area contributed by atoms with Crippen molar-refractivity contribution < 1.29 is 18.0 Å². The van der Waals surface area contributed by atoms with Gasteiger partial charge in [-0.15, -0.1) is 0 Å². The molecular formula is C7H5ClF3NO. The second kappa shape index (κ2) is 4.34. The summed E-state index contributed by atoms with van der Waals surface area (Å²) in [5, 5.41) is -0.0809. The van der Waals surface area contributed by atoms with E-state index in [-0.39, 0.29) is 10.7 Å². The van der Waals surface area contributed by atoms with Crippen LogP contribution >= 0.6 is 11.6 Å². The summed E-state index contributed by atoms with van der Waals surface area (Å²) in [4.78, 5) is 3.73. The van der Waals surface area contributed by atoms with E-state index in [0.29, 0.717) is 0 Å². The first kappa shape index (κ1) is 10.1. The summed E-state index contributed by atoms with van der Waals surface area (Å²) in [7, 11) is 0. The highest BCUT2D eigenvalue weighted by molar-refractivity contribution is 6.30. The number of hydrogen-bond acceptors (Lipinski definition) is 2. The Morgan fingerprint density at radius 3 is 2.62 bits per heavy atom. The summed E-state index contributed by atoms with van der Waals surface area (Å²) in [5.74, 6) is -0.704. The standard InChI is InChI=1S/C7H5ClF3NO/c8-5-2-1-4(3-6(5)9)12-13-7(10)11/h1-3,7,12H. The van der Waals surface area contributed by atoms with Crippen LogP contribution in [0.2, 0.25) is 5.02 Å². The molecule has 0 aliphatic carbocycles. The van der Waals surface area contributed by atoms with Crippen LogP contribution < -0.4 is 5.48 Å². The van der Waals surface area contributed by atoms with Gasteiger partial charge in [0.25, 0.3) is 0 Å². The number of alkyl halides is 2. The third-order valence-electron chi connectivity index (χ3n) is 1.19. The average Bonchev–Trinajstić information content (AvgIpc) is 2.07. The van der Waals surface area contributed by atoms with Crippen molar-refractivity contribution in [3.05, 3.63) is 29.0 Å². The zero-order valence-electron chi connectivity index (χ0n) is 6.23. The Bertz CT molecular complexity index is 295. The molecule has 72 valence electrons. The Labute approximate surface area is 77.2 Å². The van der Waals surface area contributed by atoms with Gasteiger partial charge in [0.15, 0.2) is 0 Å². The van der Waals surface area contributed by atoms with Crippen LogP contribution in [0.5, 0.6) is 0 Å². The number of benzene rings is 1. The highest BCUT2D eigenvalue weighted by Crippen LogP contribution is 2.18. The van der Waals surface area contributed by atoms with E-state index in [0.717, 1.165) is 6.07 Å². The van der Waals surface area contributed by atoms with E-state index in [4.69, 9.17) is 11.6 Å². The van der Waals surface area contributed by atoms with Crippen molar-refractivity contribution in [1.82, 2.24) is 0 Å². The molecule has 0 fully saturated rings. The summed E-state index contributed by atoms with van der Waals surface area (Å²) in [5.41, 5.74) is 1.93. The Morgan fingerprint density at radius 1 is 1.38 bits per heavy atom. The van der Waals surface area contributed by atoms with Gasteiger partial charge in [-0.3, -0.25) is 5.48 Å². The molecule has 1 aromatic carbocycles. The molecule has 1 rings (SSSR count). The van der Waals surface area contributed by atoms with Gasteiger partial charge in [0.2, 0.25) is 0 Å². The van der Waals surface area contributed by atoms with Gasteiger partial charge in [-0.25, -0.2) is 9.23 Å². The highest BCUT2D eigenvalue weighted by atomic mass is 35.5. The quantitative estimate of drug-likeness (QED) is 0.776. The Kier molecular flexibility index (Phi) is 3.39. The first-order valence-corrected chi connectivity index (χ1v) is 3.62. The molecule has 13 heavy (non-hydrogen) atoms. The van der Waals surface area contributed by atoms with Crippen LogP contribution in [0.1, 0.15) is 0 Å². The summed E-state index contributed by atoms with van der Waals surface area (Å²) in [6.45, 7) is -2.96. The SMILES string of the molecule is Fc1cc(NOC(F)F)ccc1Cl. The molecule has 1 aromatic rings. The van der Waals surface area contributed by atoms with E-state index in [1.165, 1.54) is 12.1 Å². The number of rotatable bonds is 3. The Morgan fingerprint density at radius 2 is 2.08 bits per heavy atom. The number of anilines is 1. The lowest BCUT2D eigenvalue weighted by Crippen LogP contribution is -2.06. The van der Waals surface area contributed by atoms with Crippen molar-refractivity contribution in [3.8, 4) is 0 Å². The first-order chi connectivity index (χ1) is 6.09. The van der Waals surface area contributed by atoms with Gasteiger partial charge in [0, 0.05) is 6.07 Å². The lowest BCUT2D eigenvalue weighted by molar-refractivity contribution is -0.105. The van der Waals surface area contributed by atoms with Gasteiger partial charge in [-0.2, -0.15) is 8.78 Å². The maximum Gasteiger partial charge on any atom is 0.364 e. The lowest BCUT2D eigenvalue weighted by Gasteiger charge is -2.05. The van der Waals surface area contributed by atoms with Crippen LogP contribution in [0.4, 0.5) is 18.9 Å². The molecule has 2 nitrogen and oxygen atoms in total. The van der Waals surface area contributed by atoms with Crippen LogP contribution in [0.3, 0.4) is 0 Å². The van der Waals surface area contributed by atoms with Crippen molar-refractivity contribution in [2.75, 3.05) is 5.48 Å². The summed E-state index contributed by atoms with van der Waals surface area (Å²) >= 11 is 5.35. The lowest BCUT2D eigenvalue weighted by atomic mass is 10.3. The van der Waals surface area contributed by atoms with Gasteiger partial charge in [0.1, 0.15) is 5.82 Å². The molecule has 0 heterocycles. The average molecular weight is 212 g/mol. The second-order valence-electron chi connectivity index (χ2n) is 2.11. The van der Waals surface area contributed by atoms with Crippen molar-refractivity contribution >= 4 is 17.3 Å². The van der Waals surface area contributed by atoms with Gasteiger partial charge in [0.05, 0.1) is 10.7 Å². The topological polar surface area (TPSA) is 21.3 Å². The van der Waals surface area contributed by atoms with Crippen LogP contribution in [0.15, 0.2) is 18.2 Å². The highest BCUT2D eigenvalue weighted by Gasteiger charge is 2.04. The van der Waals surface area contributed by atoms with Crippen LogP contribution in [-0.2, 0) is 4.84 Å². The Balaban J connectivity index is 2.63. The van der Waals surface area contributed by atoms with Crippen molar-refractivity contribution in [1.29, 1.82) is 0 Å². The van der Waals surface area contributed by atoms with Crippen molar-refractivity contribution in [2.24, 2.45) is 0 Å². The van der Waals surface area contributed by atoms with Crippen LogP contribution in [0.25, 0.3) is 0 Å². The molecule has 0 aliphatic heterocycles. The second-order valence-corrected chi connectivity index (χ2v) is 2.52. The third-order valence-corrected chi connectivity index (χ3v) is 1.49. The third kappa shape index (κ3) is 3.12. The van der Waals surface area contributed by atoms with Gasteiger partial charge >= 0.3 is 6.61 Å². The monoisotopic (exact) mass is 211 g/mol. The molecular weight excluding hydrogens is 207 g/mol. The molecule has 0 aliphatic rings. The molecule has 6 heteroatoms. The molecule has 0 bridgehead atoms. The van der Waals surface area contributed by atoms with E-state index in [1.807, 2.05) is 5.48 Å². The zero-order chi connectivity index (χ0) is 9.84. The fourth-order valence-electron chi connectivity index (χ4n) is 0.672. The molecule has 0 saturated carbocycles. The zero-order valence-corrected chi connectivity index (χ0v) is 6.99. The number of hydrogen-bond donors (Lipinski definition) is 1. The molecule has 0 radical (unpaired) electrons. The molecule has 0 spiro atoms. The molecule has 1 N–H and O–H groups in total. The van der Waals surface area contributed by atoms with Gasteiger partial charge in [-0.1, -0.05) is 11.6 Å². The predicted molar refractivity (Wildman–Crippen MR) is 42.1 cm³/mol. The minimum Gasteiger partial charge on any atom is -0.261 e. The van der Waals surface area contributed by atoms with E-state index < -0.39 is 12.4 Å². The minimum atomic E-state index is -2.96. The molecule has 0 unspecified atom stereocenters. The number of nitrogens with one attached hydrogen (secondary N) is 1. The first-order valence-electron chi connectivity index (χ1n) is 3.24. The van der Waals surface area contributed by atoms with Gasteiger partial charge < -0.3 is 0 Å². The van der Waals surface area contributed by atoms with E-state index >= 15 is 0 Å². The smallest absolute Gasteiger partial charge is 0.261 e. The summed E-state index contributed by atoms with van der Waals surface area (Å²) < 4.78 is 35.7. The summed E-state index contributed by atoms with van der Waals surface area (Å²) in [6.07, 6.45) is 0. The van der Waals surface area contributed by atoms with E-state index in [1.54, 1.807) is 0 Å². The normalized spacial score (nSPS) is 10.5. The predicted octanol–water partition coefficient (Wildman–Crippen LogP) is 3.05. The maximum atomic E-state index is 12.7. The number of halogens is 4. The minimum absolute atomic E-state index is 0.0715. The largest absolute Gasteiger partial charge is 0.364 e. The maximum absolute atomic E-state index is 12.7. The van der Waals surface area contributed by atoms with Crippen molar-refractivity contribution in [2.45, 2.75) is 6.61 Å². The van der Waals surface area contributed by atoms with Crippen LogP contribution in [-0.4, -0.2) is 6.61 Å². The van der Waals surface area contributed by atoms with E-state index in [9.17, 15) is 13.2 Å². The van der Waals surface area contributed by atoms with Crippen molar-refractivity contribution in [3.63, 3.8) is 0 Å². The van der Waals surface area contributed by atoms with Crippen LogP contribution in [0, 0.1) is 5.82 Å². The fourth-order valence-corrected chi connectivity index (χ4v) is 0.790. The molecule has 0 atom stereocenters.